The molecular formula is C10H22N2O4. The molecule has 0 aliphatic rings. The first-order valence-corrected chi connectivity index (χ1v) is 4.87. The van der Waals surface area contributed by atoms with Crippen LogP contribution in [0.3, 0.4) is 0 Å². The van der Waals surface area contributed by atoms with Gasteiger partial charge in [0.25, 0.3) is 0 Å². The first-order chi connectivity index (χ1) is 6.97. The number of quaternary nitrogens is 1. The van der Waals surface area contributed by atoms with Crippen LogP contribution >= 0.6 is 0 Å². The molecule has 0 radical (unpaired) electrons. The molecule has 0 bridgehead atoms. The largest absolute Gasteiger partial charge is 0.544 e. The van der Waals surface area contributed by atoms with E-state index >= 15 is 0 Å². The summed E-state index contributed by atoms with van der Waals surface area (Å²) in [4.78, 5) is 21.6. The van der Waals surface area contributed by atoms with Crippen LogP contribution < -0.4 is 5.11 Å². The molecule has 0 aliphatic heterocycles. The zero-order chi connectivity index (χ0) is 13.5. The average Bonchev–Trinajstić information content (AvgIpc) is 1.98. The van der Waals surface area contributed by atoms with Crippen molar-refractivity contribution in [2.75, 3.05) is 41.8 Å². The molecule has 0 aromatic rings. The van der Waals surface area contributed by atoms with E-state index in [4.69, 9.17) is 5.11 Å². The fraction of sp³-hybridized carbons (Fsp3) is 0.800. The van der Waals surface area contributed by atoms with Gasteiger partial charge in [-0.05, 0) is 21.0 Å². The standard InChI is InChI=1S/2C5H11NO2/c1-6(2,3)4-5(7)8;1-4(5(7)8)6(2)3/h4H2,1-3H3;4H,1-3H3,(H,7,8)/t;4-/m.0/s1. The van der Waals surface area contributed by atoms with Crippen LogP contribution in [0.1, 0.15) is 6.92 Å². The van der Waals surface area contributed by atoms with Crippen molar-refractivity contribution in [1.29, 1.82) is 0 Å². The predicted molar refractivity (Wildman–Crippen MR) is 58.7 cm³/mol. The first-order valence-electron chi connectivity index (χ1n) is 4.87. The quantitative estimate of drug-likeness (QED) is 0.596. The summed E-state index contributed by atoms with van der Waals surface area (Å²) in [7, 11) is 8.87. The van der Waals surface area contributed by atoms with Gasteiger partial charge in [-0.2, -0.15) is 0 Å². The summed E-state index contributed by atoms with van der Waals surface area (Å²) in [6, 6.07) is -0.380. The number of aliphatic carboxylic acids is 2. The third-order valence-electron chi connectivity index (χ3n) is 1.74. The molecule has 0 rings (SSSR count). The number of carbonyl (C=O) groups excluding carboxylic acids is 1. The van der Waals surface area contributed by atoms with Crippen molar-refractivity contribution < 1.29 is 24.3 Å². The van der Waals surface area contributed by atoms with E-state index in [-0.39, 0.29) is 12.6 Å². The van der Waals surface area contributed by atoms with Crippen molar-refractivity contribution in [2.24, 2.45) is 0 Å². The van der Waals surface area contributed by atoms with Gasteiger partial charge in [0.15, 0.2) is 0 Å². The molecule has 0 fully saturated rings. The van der Waals surface area contributed by atoms with Crippen LogP contribution in [0.5, 0.6) is 0 Å². The van der Waals surface area contributed by atoms with Crippen molar-refractivity contribution in [3.05, 3.63) is 0 Å². The van der Waals surface area contributed by atoms with Gasteiger partial charge in [-0.15, -0.1) is 0 Å². The molecule has 0 spiro atoms. The number of hydrogen-bond donors (Lipinski definition) is 1. The molecule has 1 atom stereocenters. The van der Waals surface area contributed by atoms with E-state index in [0.29, 0.717) is 4.48 Å². The number of carboxylic acid groups (broad SMARTS) is 2. The Hall–Kier alpha value is -1.14. The maximum Gasteiger partial charge on any atom is 0.320 e. The summed E-state index contributed by atoms with van der Waals surface area (Å²) in [6.07, 6.45) is 0. The zero-order valence-electron chi connectivity index (χ0n) is 10.9. The van der Waals surface area contributed by atoms with E-state index in [9.17, 15) is 14.7 Å². The van der Waals surface area contributed by atoms with Crippen LogP contribution in [0, 0.1) is 0 Å². The second kappa shape index (κ2) is 7.19. The van der Waals surface area contributed by atoms with Crippen LogP contribution in [-0.2, 0) is 9.59 Å². The lowest BCUT2D eigenvalue weighted by Gasteiger charge is -2.23. The topological polar surface area (TPSA) is 80.7 Å². The van der Waals surface area contributed by atoms with Crippen molar-refractivity contribution in [3.63, 3.8) is 0 Å². The highest BCUT2D eigenvalue weighted by atomic mass is 16.4. The molecule has 1 N–H and O–H groups in total. The molecule has 0 saturated heterocycles. The molecule has 6 heteroatoms. The van der Waals surface area contributed by atoms with E-state index in [1.807, 2.05) is 0 Å². The molecule has 0 aromatic heterocycles. The Morgan fingerprint density at radius 1 is 1.31 bits per heavy atom. The number of carbonyl (C=O) groups is 2. The van der Waals surface area contributed by atoms with Gasteiger partial charge in [0.1, 0.15) is 12.6 Å². The van der Waals surface area contributed by atoms with E-state index < -0.39 is 11.9 Å². The minimum Gasteiger partial charge on any atom is -0.544 e. The second-order valence-electron chi connectivity index (χ2n) is 4.80. The molecule has 0 amide bonds. The maximum absolute atomic E-state index is 10.1. The number of hydrogen-bond acceptors (Lipinski definition) is 4. The van der Waals surface area contributed by atoms with E-state index in [1.165, 1.54) is 0 Å². The zero-order valence-corrected chi connectivity index (χ0v) is 10.9. The summed E-state index contributed by atoms with van der Waals surface area (Å²) < 4.78 is 0.419. The van der Waals surface area contributed by atoms with Crippen molar-refractivity contribution in [2.45, 2.75) is 13.0 Å². The lowest BCUT2D eigenvalue weighted by Crippen LogP contribution is -2.45. The Balaban J connectivity index is 0. The van der Waals surface area contributed by atoms with Gasteiger partial charge >= 0.3 is 5.97 Å². The number of rotatable bonds is 4. The third-order valence-corrected chi connectivity index (χ3v) is 1.74. The Labute approximate surface area is 96.7 Å². The van der Waals surface area contributed by atoms with Gasteiger partial charge in [-0.25, -0.2) is 0 Å². The van der Waals surface area contributed by atoms with Crippen molar-refractivity contribution in [1.82, 2.24) is 4.90 Å². The predicted octanol–water partition coefficient (Wildman–Crippen LogP) is -1.54. The molecule has 0 unspecified atom stereocenters. The normalized spacial score (nSPS) is 12.7. The van der Waals surface area contributed by atoms with E-state index in [1.54, 1.807) is 47.1 Å². The third kappa shape index (κ3) is 12.9. The van der Waals surface area contributed by atoms with Gasteiger partial charge in [0.05, 0.1) is 27.1 Å². The van der Waals surface area contributed by atoms with E-state index in [2.05, 4.69) is 0 Å². The van der Waals surface area contributed by atoms with Gasteiger partial charge < -0.3 is 19.5 Å². The molecule has 0 saturated carbocycles. The molecule has 0 heterocycles. The highest BCUT2D eigenvalue weighted by Crippen LogP contribution is 1.88. The summed E-state index contributed by atoms with van der Waals surface area (Å²) in [6.45, 7) is 1.71. The summed E-state index contributed by atoms with van der Waals surface area (Å²) in [5.74, 6) is -1.78. The Morgan fingerprint density at radius 3 is 1.69 bits per heavy atom. The Bertz CT molecular complexity index is 233. The Morgan fingerprint density at radius 2 is 1.69 bits per heavy atom. The van der Waals surface area contributed by atoms with Crippen LogP contribution in [0.2, 0.25) is 0 Å². The van der Waals surface area contributed by atoms with E-state index in [0.717, 1.165) is 0 Å². The maximum atomic E-state index is 10.1. The Kier molecular flexibility index (Phi) is 7.75. The molecule has 0 aliphatic carbocycles. The fourth-order valence-corrected chi connectivity index (χ4v) is 0.608. The smallest absolute Gasteiger partial charge is 0.320 e. The fourth-order valence-electron chi connectivity index (χ4n) is 0.608. The molecule has 0 aromatic carbocycles. The summed E-state index contributed by atoms with van der Waals surface area (Å²) >= 11 is 0. The summed E-state index contributed by atoms with van der Waals surface area (Å²) in [5, 5.41) is 18.2. The molecule has 16 heavy (non-hydrogen) atoms. The minimum atomic E-state index is -1.00. The lowest BCUT2D eigenvalue weighted by molar-refractivity contribution is -0.864. The second-order valence-corrected chi connectivity index (χ2v) is 4.80. The number of carboxylic acids is 2. The monoisotopic (exact) mass is 234 g/mol. The van der Waals surface area contributed by atoms with Gasteiger partial charge in [0.2, 0.25) is 0 Å². The highest BCUT2D eigenvalue weighted by Gasteiger charge is 2.11. The first kappa shape index (κ1) is 17.3. The molecular weight excluding hydrogens is 212 g/mol. The van der Waals surface area contributed by atoms with Crippen LogP contribution in [0.25, 0.3) is 0 Å². The summed E-state index contributed by atoms with van der Waals surface area (Å²) in [5.41, 5.74) is 0. The van der Waals surface area contributed by atoms with Crippen LogP contribution in [0.15, 0.2) is 0 Å². The van der Waals surface area contributed by atoms with Crippen LogP contribution in [0.4, 0.5) is 0 Å². The minimum absolute atomic E-state index is 0.0694. The van der Waals surface area contributed by atoms with Gasteiger partial charge in [-0.1, -0.05) is 0 Å². The van der Waals surface area contributed by atoms with Crippen molar-refractivity contribution in [3.8, 4) is 0 Å². The highest BCUT2D eigenvalue weighted by molar-refractivity contribution is 5.72. The SMILES string of the molecule is C[C@@H](C(=O)O)N(C)C.C[N+](C)(C)CC(=O)[O-]. The number of nitrogens with zero attached hydrogens (tertiary/aromatic N) is 2. The molecule has 96 valence electrons. The average molecular weight is 234 g/mol. The van der Waals surface area contributed by atoms with Gasteiger partial charge in [0, 0.05) is 0 Å². The van der Waals surface area contributed by atoms with Gasteiger partial charge in [-0.3, -0.25) is 9.69 Å². The van der Waals surface area contributed by atoms with Crippen LogP contribution in [-0.4, -0.2) is 74.3 Å². The van der Waals surface area contributed by atoms with Crippen molar-refractivity contribution >= 4 is 11.9 Å². The number of likely N-dealkylation sites (N-methyl/N-ethyl adjacent to an activating group) is 2. The molecule has 6 nitrogen and oxygen atoms in total. The lowest BCUT2D eigenvalue weighted by atomic mass is 10.3.